The molecule has 1 heterocycles. The average molecular weight is 283 g/mol. The quantitative estimate of drug-likeness (QED) is 0.803. The van der Waals surface area contributed by atoms with Crippen molar-refractivity contribution in [3.63, 3.8) is 0 Å². The van der Waals surface area contributed by atoms with E-state index in [9.17, 15) is 8.42 Å². The zero-order valence-corrected chi connectivity index (χ0v) is 12.2. The van der Waals surface area contributed by atoms with Crippen LogP contribution in [0.15, 0.2) is 23.1 Å². The molecule has 6 heteroatoms. The van der Waals surface area contributed by atoms with E-state index in [4.69, 9.17) is 10.9 Å². The van der Waals surface area contributed by atoms with Crippen LogP contribution >= 0.6 is 0 Å². The molecule has 0 radical (unpaired) electrons. The number of rotatable bonds is 2. The van der Waals surface area contributed by atoms with Crippen LogP contribution in [0, 0.1) is 11.8 Å². The van der Waals surface area contributed by atoms with Gasteiger partial charge in [-0.2, -0.15) is 0 Å². The number of hydrogen-bond acceptors (Lipinski definition) is 4. The highest BCUT2D eigenvalue weighted by molar-refractivity contribution is 7.89. The van der Waals surface area contributed by atoms with Crippen molar-refractivity contribution in [2.24, 2.45) is 17.0 Å². The molecule has 5 nitrogen and oxygen atoms in total. The van der Waals surface area contributed by atoms with Gasteiger partial charge in [0.15, 0.2) is 0 Å². The number of nitrogens with zero attached hydrogens (tertiary/aromatic N) is 1. The SMILES string of the molecule is CC1CC(C)CN(c2ccc(S(N)(=O)=O)c(N)c2)C1. The molecule has 106 valence electrons. The van der Waals surface area contributed by atoms with Crippen molar-refractivity contribution in [3.05, 3.63) is 18.2 Å². The van der Waals surface area contributed by atoms with Crippen molar-refractivity contribution in [1.82, 2.24) is 0 Å². The molecule has 0 aromatic heterocycles. The van der Waals surface area contributed by atoms with E-state index in [0.717, 1.165) is 18.8 Å². The van der Waals surface area contributed by atoms with Crippen LogP contribution < -0.4 is 15.8 Å². The number of nitrogens with two attached hydrogens (primary N) is 2. The van der Waals surface area contributed by atoms with E-state index in [0.29, 0.717) is 11.8 Å². The Labute approximate surface area is 114 Å². The molecule has 2 unspecified atom stereocenters. The summed E-state index contributed by atoms with van der Waals surface area (Å²) in [5, 5.41) is 5.11. The maximum Gasteiger partial charge on any atom is 0.240 e. The molecule has 0 saturated carbocycles. The molecule has 2 atom stereocenters. The van der Waals surface area contributed by atoms with Crippen LogP contribution in [0.2, 0.25) is 0 Å². The molecule has 2 rings (SSSR count). The van der Waals surface area contributed by atoms with Gasteiger partial charge in [0.25, 0.3) is 0 Å². The second kappa shape index (κ2) is 5.02. The molecule has 1 aliphatic heterocycles. The Bertz CT molecular complexity index is 561. The molecule has 4 N–H and O–H groups in total. The summed E-state index contributed by atoms with van der Waals surface area (Å²) in [6.45, 7) is 6.40. The zero-order valence-electron chi connectivity index (χ0n) is 11.3. The lowest BCUT2D eigenvalue weighted by molar-refractivity contribution is 0.357. The third-order valence-corrected chi connectivity index (χ3v) is 4.52. The summed E-state index contributed by atoms with van der Waals surface area (Å²) in [5.41, 5.74) is 6.97. The number of anilines is 2. The molecule has 1 aromatic carbocycles. The second-order valence-corrected chi connectivity index (χ2v) is 7.15. The first kappa shape index (κ1) is 14.1. The highest BCUT2D eigenvalue weighted by Crippen LogP contribution is 2.29. The summed E-state index contributed by atoms with van der Waals surface area (Å²) in [6.07, 6.45) is 1.22. The summed E-state index contributed by atoms with van der Waals surface area (Å²) in [5.74, 6) is 1.26. The molecular formula is C13H21N3O2S. The van der Waals surface area contributed by atoms with E-state index < -0.39 is 10.0 Å². The minimum absolute atomic E-state index is 0.00523. The van der Waals surface area contributed by atoms with Gasteiger partial charge in [0.05, 0.1) is 5.69 Å². The number of nitrogen functional groups attached to an aromatic ring is 1. The van der Waals surface area contributed by atoms with E-state index in [1.807, 2.05) is 0 Å². The predicted octanol–water partition coefficient (Wildman–Crippen LogP) is 1.40. The first-order chi connectivity index (χ1) is 8.77. The number of benzene rings is 1. The lowest BCUT2D eigenvalue weighted by Crippen LogP contribution is -2.38. The van der Waals surface area contributed by atoms with Gasteiger partial charge in [0.1, 0.15) is 4.90 Å². The third-order valence-electron chi connectivity index (χ3n) is 3.53. The van der Waals surface area contributed by atoms with Crippen molar-refractivity contribution < 1.29 is 8.42 Å². The van der Waals surface area contributed by atoms with Crippen molar-refractivity contribution in [2.75, 3.05) is 23.7 Å². The van der Waals surface area contributed by atoms with Crippen molar-refractivity contribution in [1.29, 1.82) is 0 Å². The molecule has 0 spiro atoms. The maximum atomic E-state index is 11.3. The Morgan fingerprint density at radius 2 is 1.79 bits per heavy atom. The smallest absolute Gasteiger partial charge is 0.240 e. The summed E-state index contributed by atoms with van der Waals surface area (Å²) in [4.78, 5) is 2.25. The molecule has 1 fully saturated rings. The summed E-state index contributed by atoms with van der Waals surface area (Å²) < 4.78 is 22.7. The van der Waals surface area contributed by atoms with Crippen LogP contribution in [0.5, 0.6) is 0 Å². The normalized spacial score (nSPS) is 24.5. The Balaban J connectivity index is 2.30. The lowest BCUT2D eigenvalue weighted by atomic mass is 9.91. The summed E-state index contributed by atoms with van der Waals surface area (Å²) in [7, 11) is -3.75. The van der Waals surface area contributed by atoms with Gasteiger partial charge in [-0.3, -0.25) is 0 Å². The zero-order chi connectivity index (χ0) is 14.2. The van der Waals surface area contributed by atoms with Gasteiger partial charge in [0.2, 0.25) is 10.0 Å². The van der Waals surface area contributed by atoms with E-state index in [-0.39, 0.29) is 10.6 Å². The van der Waals surface area contributed by atoms with Gasteiger partial charge in [-0.1, -0.05) is 13.8 Å². The molecule has 19 heavy (non-hydrogen) atoms. The fourth-order valence-corrected chi connectivity index (χ4v) is 3.51. The van der Waals surface area contributed by atoms with Gasteiger partial charge in [-0.25, -0.2) is 13.6 Å². The third kappa shape index (κ3) is 3.19. The van der Waals surface area contributed by atoms with E-state index in [2.05, 4.69) is 18.7 Å². The fraction of sp³-hybridized carbons (Fsp3) is 0.538. The lowest BCUT2D eigenvalue weighted by Gasteiger charge is -2.36. The average Bonchev–Trinajstić information content (AvgIpc) is 2.25. The number of sulfonamides is 1. The van der Waals surface area contributed by atoms with E-state index in [1.54, 1.807) is 12.1 Å². The number of hydrogen-bond donors (Lipinski definition) is 2. The van der Waals surface area contributed by atoms with Crippen molar-refractivity contribution >= 4 is 21.4 Å². The largest absolute Gasteiger partial charge is 0.398 e. The Morgan fingerprint density at radius 3 is 2.26 bits per heavy atom. The van der Waals surface area contributed by atoms with Crippen LogP contribution in [0.4, 0.5) is 11.4 Å². The van der Waals surface area contributed by atoms with Crippen LogP contribution in [0.3, 0.4) is 0 Å². The Morgan fingerprint density at radius 1 is 1.21 bits per heavy atom. The summed E-state index contributed by atoms with van der Waals surface area (Å²) in [6, 6.07) is 4.97. The molecule has 1 saturated heterocycles. The van der Waals surface area contributed by atoms with Crippen molar-refractivity contribution in [3.8, 4) is 0 Å². The van der Waals surface area contributed by atoms with Crippen LogP contribution in [-0.2, 0) is 10.0 Å². The number of piperidine rings is 1. The standard InChI is InChI=1S/C13H21N3O2S/c1-9-5-10(2)8-16(7-9)11-3-4-13(12(14)6-11)19(15,17)18/h3-4,6,9-10H,5,7-8,14H2,1-2H3,(H2,15,17,18). The Hall–Kier alpha value is -1.27. The topological polar surface area (TPSA) is 89.4 Å². The monoisotopic (exact) mass is 283 g/mol. The predicted molar refractivity (Wildman–Crippen MR) is 77.4 cm³/mol. The minimum Gasteiger partial charge on any atom is -0.398 e. The Kier molecular flexibility index (Phi) is 3.73. The highest BCUT2D eigenvalue weighted by Gasteiger charge is 2.23. The van der Waals surface area contributed by atoms with Crippen LogP contribution in [0.1, 0.15) is 20.3 Å². The van der Waals surface area contributed by atoms with Gasteiger partial charge >= 0.3 is 0 Å². The molecular weight excluding hydrogens is 262 g/mol. The van der Waals surface area contributed by atoms with Gasteiger partial charge in [-0.15, -0.1) is 0 Å². The van der Waals surface area contributed by atoms with Crippen LogP contribution in [-0.4, -0.2) is 21.5 Å². The highest BCUT2D eigenvalue weighted by atomic mass is 32.2. The van der Waals surface area contributed by atoms with Crippen LogP contribution in [0.25, 0.3) is 0 Å². The molecule has 1 aliphatic rings. The van der Waals surface area contributed by atoms with E-state index in [1.165, 1.54) is 12.5 Å². The fourth-order valence-electron chi connectivity index (χ4n) is 2.87. The van der Waals surface area contributed by atoms with Crippen molar-refractivity contribution in [2.45, 2.75) is 25.2 Å². The molecule has 1 aromatic rings. The van der Waals surface area contributed by atoms with E-state index >= 15 is 0 Å². The second-order valence-electron chi connectivity index (χ2n) is 5.62. The molecule has 0 bridgehead atoms. The maximum absolute atomic E-state index is 11.3. The minimum atomic E-state index is -3.75. The number of primary sulfonamides is 1. The molecule has 0 amide bonds. The first-order valence-electron chi connectivity index (χ1n) is 6.44. The van der Waals surface area contributed by atoms with Gasteiger partial charge in [0, 0.05) is 18.8 Å². The summed E-state index contributed by atoms with van der Waals surface area (Å²) >= 11 is 0. The first-order valence-corrected chi connectivity index (χ1v) is 7.99. The van der Waals surface area contributed by atoms with Gasteiger partial charge < -0.3 is 10.6 Å². The van der Waals surface area contributed by atoms with Gasteiger partial charge in [-0.05, 0) is 36.5 Å². The molecule has 0 aliphatic carbocycles.